The largest absolute Gasteiger partial charge is 0.396 e. The number of carbonyl (C=O) groups is 1. The molecule has 0 fully saturated rings. The minimum absolute atomic E-state index is 0.137. The van der Waals surface area contributed by atoms with Gasteiger partial charge in [-0.05, 0) is 25.3 Å². The van der Waals surface area contributed by atoms with Crippen LogP contribution in [0.25, 0.3) is 0 Å². The van der Waals surface area contributed by atoms with Crippen molar-refractivity contribution in [3.63, 3.8) is 0 Å². The number of aliphatic hydroxyl groups is 1. The van der Waals surface area contributed by atoms with Gasteiger partial charge in [0.25, 0.3) is 11.6 Å². The molecule has 1 amide bonds. The number of aliphatic hydroxyl groups excluding tert-OH is 1. The molecule has 1 N–H and O–H groups in total. The number of rotatable bonds is 7. The SMILES string of the molecule is CN(CCCCCO)C(=O)c1cc(Cl)cc([N+](=O)[O-])c1. The van der Waals surface area contributed by atoms with E-state index in [1.807, 2.05) is 0 Å². The number of halogens is 1. The highest BCUT2D eigenvalue weighted by molar-refractivity contribution is 6.31. The highest BCUT2D eigenvalue weighted by atomic mass is 35.5. The Labute approximate surface area is 122 Å². The Morgan fingerprint density at radius 3 is 2.65 bits per heavy atom. The lowest BCUT2D eigenvalue weighted by atomic mass is 10.1. The monoisotopic (exact) mass is 300 g/mol. The van der Waals surface area contributed by atoms with Crippen LogP contribution in [-0.2, 0) is 0 Å². The van der Waals surface area contributed by atoms with Crippen molar-refractivity contribution in [1.29, 1.82) is 0 Å². The van der Waals surface area contributed by atoms with E-state index in [0.29, 0.717) is 13.0 Å². The fourth-order valence-corrected chi connectivity index (χ4v) is 1.99. The van der Waals surface area contributed by atoms with E-state index in [1.54, 1.807) is 7.05 Å². The van der Waals surface area contributed by atoms with E-state index in [1.165, 1.54) is 23.1 Å². The van der Waals surface area contributed by atoms with E-state index in [9.17, 15) is 14.9 Å². The predicted octanol–water partition coefficient (Wildman–Crippen LogP) is 2.48. The van der Waals surface area contributed by atoms with Crippen LogP contribution in [0.4, 0.5) is 5.69 Å². The summed E-state index contributed by atoms with van der Waals surface area (Å²) in [6, 6.07) is 3.85. The quantitative estimate of drug-likeness (QED) is 0.476. The Kier molecular flexibility index (Phi) is 6.41. The first kappa shape index (κ1) is 16.4. The summed E-state index contributed by atoms with van der Waals surface area (Å²) in [5.41, 5.74) is 0.00314. The minimum atomic E-state index is -0.579. The number of nitrogens with zero attached hydrogens (tertiary/aromatic N) is 2. The maximum atomic E-state index is 12.1. The molecule has 0 radical (unpaired) electrons. The molecule has 0 saturated carbocycles. The molecule has 0 saturated heterocycles. The minimum Gasteiger partial charge on any atom is -0.396 e. The van der Waals surface area contributed by atoms with Crippen molar-refractivity contribution >= 4 is 23.2 Å². The van der Waals surface area contributed by atoms with Crippen LogP contribution in [0.1, 0.15) is 29.6 Å². The Bertz CT molecular complexity index is 493. The van der Waals surface area contributed by atoms with E-state index < -0.39 is 4.92 Å². The number of hydrogen-bond acceptors (Lipinski definition) is 4. The van der Waals surface area contributed by atoms with Crippen molar-refractivity contribution in [2.75, 3.05) is 20.2 Å². The summed E-state index contributed by atoms with van der Waals surface area (Å²) in [7, 11) is 1.63. The Balaban J connectivity index is 2.73. The molecular weight excluding hydrogens is 284 g/mol. The third-order valence-corrected chi connectivity index (χ3v) is 3.06. The summed E-state index contributed by atoms with van der Waals surface area (Å²) in [6.45, 7) is 0.664. The Morgan fingerprint density at radius 1 is 1.35 bits per heavy atom. The molecule has 0 heterocycles. The molecule has 110 valence electrons. The number of non-ortho nitro benzene ring substituents is 1. The van der Waals surface area contributed by atoms with Gasteiger partial charge in [0.1, 0.15) is 0 Å². The van der Waals surface area contributed by atoms with Crippen LogP contribution in [0.2, 0.25) is 5.02 Å². The maximum Gasteiger partial charge on any atom is 0.271 e. The second-order valence-corrected chi connectivity index (χ2v) is 4.90. The Hall–Kier alpha value is -1.66. The second-order valence-electron chi connectivity index (χ2n) is 4.47. The van der Waals surface area contributed by atoms with Gasteiger partial charge in [0.2, 0.25) is 0 Å². The number of amides is 1. The van der Waals surface area contributed by atoms with Gasteiger partial charge in [-0.15, -0.1) is 0 Å². The summed E-state index contributed by atoms with van der Waals surface area (Å²) in [4.78, 5) is 23.8. The normalized spacial score (nSPS) is 10.3. The molecule has 1 rings (SSSR count). The third kappa shape index (κ3) is 4.79. The summed E-state index contributed by atoms with van der Waals surface area (Å²) >= 11 is 5.79. The van der Waals surface area contributed by atoms with E-state index in [0.717, 1.165) is 12.8 Å². The molecule has 20 heavy (non-hydrogen) atoms. The average Bonchev–Trinajstić information content (AvgIpc) is 2.41. The second kappa shape index (κ2) is 7.81. The molecule has 1 aromatic carbocycles. The highest BCUT2D eigenvalue weighted by Gasteiger charge is 2.16. The van der Waals surface area contributed by atoms with Crippen LogP contribution >= 0.6 is 11.6 Å². The van der Waals surface area contributed by atoms with Crippen molar-refractivity contribution in [1.82, 2.24) is 4.90 Å². The van der Waals surface area contributed by atoms with Crippen molar-refractivity contribution in [2.45, 2.75) is 19.3 Å². The van der Waals surface area contributed by atoms with Gasteiger partial charge in [0.15, 0.2) is 0 Å². The number of unbranched alkanes of at least 4 members (excludes halogenated alkanes) is 2. The number of carbonyl (C=O) groups excluding carboxylic acids is 1. The number of nitro benzene ring substituents is 1. The molecule has 0 atom stereocenters. The van der Waals surface area contributed by atoms with Gasteiger partial charge < -0.3 is 10.0 Å². The lowest BCUT2D eigenvalue weighted by Crippen LogP contribution is -2.27. The zero-order valence-electron chi connectivity index (χ0n) is 11.2. The summed E-state index contributed by atoms with van der Waals surface area (Å²) in [6.07, 6.45) is 2.29. The maximum absolute atomic E-state index is 12.1. The van der Waals surface area contributed by atoms with Gasteiger partial charge in [0, 0.05) is 42.9 Å². The first-order valence-corrected chi connectivity index (χ1v) is 6.65. The standard InChI is InChI=1S/C13H17ClN2O4/c1-15(5-3-2-4-6-17)13(18)10-7-11(14)9-12(8-10)16(19)20/h7-9,17H,2-6H2,1H3. The van der Waals surface area contributed by atoms with E-state index in [4.69, 9.17) is 16.7 Å². The van der Waals surface area contributed by atoms with Crippen LogP contribution in [0.15, 0.2) is 18.2 Å². The van der Waals surface area contributed by atoms with Crippen LogP contribution in [0.3, 0.4) is 0 Å². The van der Waals surface area contributed by atoms with Crippen LogP contribution in [-0.4, -0.2) is 41.0 Å². The molecule has 0 aliphatic rings. The van der Waals surface area contributed by atoms with Crippen molar-refractivity contribution in [2.24, 2.45) is 0 Å². The highest BCUT2D eigenvalue weighted by Crippen LogP contribution is 2.21. The van der Waals surface area contributed by atoms with Crippen molar-refractivity contribution in [3.8, 4) is 0 Å². The molecule has 0 aliphatic carbocycles. The number of hydrogen-bond donors (Lipinski definition) is 1. The molecule has 0 spiro atoms. The smallest absolute Gasteiger partial charge is 0.271 e. The van der Waals surface area contributed by atoms with Crippen molar-refractivity contribution < 1.29 is 14.8 Å². The molecule has 1 aromatic rings. The molecule has 0 aromatic heterocycles. The van der Waals surface area contributed by atoms with Gasteiger partial charge in [-0.25, -0.2) is 0 Å². The summed E-state index contributed by atoms with van der Waals surface area (Å²) < 4.78 is 0. The number of benzene rings is 1. The lowest BCUT2D eigenvalue weighted by Gasteiger charge is -2.17. The first-order valence-electron chi connectivity index (χ1n) is 6.27. The van der Waals surface area contributed by atoms with E-state index in [2.05, 4.69) is 0 Å². The van der Waals surface area contributed by atoms with E-state index >= 15 is 0 Å². The molecule has 6 nitrogen and oxygen atoms in total. The molecule has 0 bridgehead atoms. The van der Waals surface area contributed by atoms with Crippen molar-refractivity contribution in [3.05, 3.63) is 38.9 Å². The van der Waals surface area contributed by atoms with Gasteiger partial charge in [-0.1, -0.05) is 11.6 Å². The zero-order valence-corrected chi connectivity index (χ0v) is 12.0. The molecule has 0 unspecified atom stereocenters. The van der Waals surface area contributed by atoms with Crippen LogP contribution < -0.4 is 0 Å². The first-order chi connectivity index (χ1) is 9.45. The molecule has 7 heteroatoms. The fraction of sp³-hybridized carbons (Fsp3) is 0.462. The van der Waals surface area contributed by atoms with Gasteiger partial charge in [-0.3, -0.25) is 14.9 Å². The number of nitro groups is 1. The fourth-order valence-electron chi connectivity index (χ4n) is 1.76. The zero-order chi connectivity index (χ0) is 15.1. The van der Waals surface area contributed by atoms with Crippen LogP contribution in [0, 0.1) is 10.1 Å². The van der Waals surface area contributed by atoms with Gasteiger partial charge in [-0.2, -0.15) is 0 Å². The summed E-state index contributed by atoms with van der Waals surface area (Å²) in [5.74, 6) is -0.306. The average molecular weight is 301 g/mol. The van der Waals surface area contributed by atoms with Gasteiger partial charge >= 0.3 is 0 Å². The van der Waals surface area contributed by atoms with Crippen LogP contribution in [0.5, 0.6) is 0 Å². The Morgan fingerprint density at radius 2 is 2.05 bits per heavy atom. The topological polar surface area (TPSA) is 83.7 Å². The molecular formula is C13H17ClN2O4. The lowest BCUT2D eigenvalue weighted by molar-refractivity contribution is -0.384. The third-order valence-electron chi connectivity index (χ3n) is 2.84. The predicted molar refractivity (Wildman–Crippen MR) is 76.0 cm³/mol. The van der Waals surface area contributed by atoms with E-state index in [-0.39, 0.29) is 28.8 Å². The van der Waals surface area contributed by atoms with Gasteiger partial charge in [0.05, 0.1) is 4.92 Å². The molecule has 0 aliphatic heterocycles. The summed E-state index contributed by atoms with van der Waals surface area (Å²) in [5, 5.41) is 19.6.